The lowest BCUT2D eigenvalue weighted by Gasteiger charge is -2.20. The summed E-state index contributed by atoms with van der Waals surface area (Å²) < 4.78 is 5.54. The predicted molar refractivity (Wildman–Crippen MR) is 139 cm³/mol. The monoisotopic (exact) mass is 482 g/mol. The van der Waals surface area contributed by atoms with Gasteiger partial charge in [-0.25, -0.2) is 4.79 Å². The third kappa shape index (κ3) is 4.06. The molecule has 36 heavy (non-hydrogen) atoms. The molecule has 0 saturated heterocycles. The van der Waals surface area contributed by atoms with Crippen LogP contribution in [0.5, 0.6) is 0 Å². The van der Waals surface area contributed by atoms with E-state index < -0.39 is 18.3 Å². The molecule has 3 aromatic carbocycles. The van der Waals surface area contributed by atoms with Crippen LogP contribution in [0, 0.1) is 0 Å². The highest BCUT2D eigenvalue weighted by atomic mass is 16.5. The summed E-state index contributed by atoms with van der Waals surface area (Å²) in [4.78, 5) is 15.9. The van der Waals surface area contributed by atoms with Crippen LogP contribution in [-0.4, -0.2) is 40.5 Å². The summed E-state index contributed by atoms with van der Waals surface area (Å²) in [6.45, 7) is 0.0922. The van der Waals surface area contributed by atoms with Crippen molar-refractivity contribution in [3.63, 3.8) is 0 Å². The lowest BCUT2D eigenvalue weighted by Crippen LogP contribution is -2.36. The van der Waals surface area contributed by atoms with Crippen LogP contribution >= 0.6 is 0 Å². The van der Waals surface area contributed by atoms with Gasteiger partial charge in [0.2, 0.25) is 0 Å². The van der Waals surface area contributed by atoms with Crippen LogP contribution in [0.2, 0.25) is 0 Å². The highest BCUT2D eigenvalue weighted by molar-refractivity contribution is 5.85. The van der Waals surface area contributed by atoms with Crippen molar-refractivity contribution >= 4 is 17.0 Å². The maximum Gasteiger partial charge on any atom is 0.407 e. The Hall–Kier alpha value is -3.61. The molecule has 4 aromatic rings. The Morgan fingerprint density at radius 2 is 1.67 bits per heavy atom. The van der Waals surface area contributed by atoms with E-state index in [1.807, 2.05) is 42.5 Å². The number of nitrogens with one attached hydrogen (secondary N) is 2. The Morgan fingerprint density at radius 3 is 2.42 bits per heavy atom. The SMILES string of the molecule is O=C(NCC(O)C(O)c1ccc2[nH]c3c(c2c1)CCCC3)OCC1c2ccccc2-c2ccccc21. The van der Waals surface area contributed by atoms with Crippen LogP contribution in [0.15, 0.2) is 66.7 Å². The van der Waals surface area contributed by atoms with Gasteiger partial charge in [0.25, 0.3) is 0 Å². The van der Waals surface area contributed by atoms with E-state index in [0.717, 1.165) is 34.9 Å². The number of carbonyl (C=O) groups is 1. The van der Waals surface area contributed by atoms with Crippen molar-refractivity contribution in [1.82, 2.24) is 10.3 Å². The van der Waals surface area contributed by atoms with E-state index in [9.17, 15) is 15.0 Å². The number of hydrogen-bond acceptors (Lipinski definition) is 4. The van der Waals surface area contributed by atoms with E-state index in [2.05, 4.69) is 34.6 Å². The van der Waals surface area contributed by atoms with Gasteiger partial charge in [-0.2, -0.15) is 0 Å². The van der Waals surface area contributed by atoms with E-state index >= 15 is 0 Å². The van der Waals surface area contributed by atoms with Gasteiger partial charge in [0.15, 0.2) is 0 Å². The van der Waals surface area contributed by atoms with E-state index in [1.54, 1.807) is 0 Å². The molecule has 2 atom stereocenters. The van der Waals surface area contributed by atoms with Crippen molar-refractivity contribution < 1.29 is 19.7 Å². The number of alkyl carbamates (subject to hydrolysis) is 1. The normalized spacial score (nSPS) is 16.2. The molecule has 2 unspecified atom stereocenters. The number of carbonyl (C=O) groups excluding carboxylic acids is 1. The van der Waals surface area contributed by atoms with Gasteiger partial charge in [-0.1, -0.05) is 54.6 Å². The molecular weight excluding hydrogens is 452 g/mol. The van der Waals surface area contributed by atoms with Gasteiger partial charge in [0.05, 0.1) is 0 Å². The number of rotatable bonds is 6. The lowest BCUT2D eigenvalue weighted by molar-refractivity contribution is 0.0186. The summed E-state index contributed by atoms with van der Waals surface area (Å²) in [6, 6.07) is 22.1. The Morgan fingerprint density at radius 1 is 0.972 bits per heavy atom. The number of aliphatic hydroxyl groups excluding tert-OH is 2. The molecule has 0 radical (unpaired) electrons. The van der Waals surface area contributed by atoms with Crippen molar-refractivity contribution in [3.05, 3.63) is 94.7 Å². The van der Waals surface area contributed by atoms with Crippen molar-refractivity contribution in [3.8, 4) is 11.1 Å². The standard InChI is InChI=1S/C30H30N2O4/c33-28(29(34)18-13-14-27-24(15-18)23-11-5-6-12-26(23)32-27)16-31-30(35)36-17-25-21-9-3-1-7-19(21)20-8-2-4-10-22(20)25/h1-4,7-10,13-15,25,28-29,32-34H,5-6,11-12,16-17H2,(H,31,35). The van der Waals surface area contributed by atoms with Crippen molar-refractivity contribution in [1.29, 1.82) is 0 Å². The average molecular weight is 483 g/mol. The molecule has 1 heterocycles. The molecule has 2 aliphatic rings. The number of aromatic amines is 1. The molecule has 6 rings (SSSR count). The van der Waals surface area contributed by atoms with E-state index in [-0.39, 0.29) is 19.1 Å². The second-order valence-corrected chi connectivity index (χ2v) is 9.81. The molecule has 1 amide bonds. The third-order valence-corrected chi connectivity index (χ3v) is 7.63. The molecule has 6 heteroatoms. The van der Waals surface area contributed by atoms with Crippen LogP contribution in [0.25, 0.3) is 22.0 Å². The highest BCUT2D eigenvalue weighted by Crippen LogP contribution is 2.44. The molecule has 0 spiro atoms. The van der Waals surface area contributed by atoms with Gasteiger partial charge >= 0.3 is 6.09 Å². The number of aromatic nitrogens is 1. The maximum atomic E-state index is 12.5. The smallest absolute Gasteiger partial charge is 0.407 e. The molecule has 6 nitrogen and oxygen atoms in total. The first-order valence-corrected chi connectivity index (χ1v) is 12.7. The van der Waals surface area contributed by atoms with Crippen molar-refractivity contribution in [2.45, 2.75) is 43.8 Å². The number of ether oxygens (including phenoxy) is 1. The van der Waals surface area contributed by atoms with Gasteiger partial charge in [0, 0.05) is 29.1 Å². The Balaban J connectivity index is 1.08. The Bertz CT molecular complexity index is 1380. The molecule has 184 valence electrons. The first-order chi connectivity index (χ1) is 17.6. The first-order valence-electron chi connectivity index (χ1n) is 12.7. The topological polar surface area (TPSA) is 94.6 Å². The summed E-state index contributed by atoms with van der Waals surface area (Å²) in [5, 5.41) is 25.1. The number of aliphatic hydroxyl groups is 2. The van der Waals surface area contributed by atoms with Crippen molar-refractivity contribution in [2.24, 2.45) is 0 Å². The quantitative estimate of drug-likeness (QED) is 0.312. The summed E-state index contributed by atoms with van der Waals surface area (Å²) >= 11 is 0. The number of benzene rings is 3. The number of amides is 1. The van der Waals surface area contributed by atoms with E-state index in [4.69, 9.17) is 4.74 Å². The Labute approximate surface area is 209 Å². The molecule has 1 aromatic heterocycles. The predicted octanol–water partition coefficient (Wildman–Crippen LogP) is 4.98. The summed E-state index contributed by atoms with van der Waals surface area (Å²) in [6.07, 6.45) is 1.55. The fourth-order valence-corrected chi connectivity index (χ4v) is 5.78. The minimum Gasteiger partial charge on any atom is -0.449 e. The van der Waals surface area contributed by atoms with Crippen LogP contribution in [-0.2, 0) is 17.6 Å². The largest absolute Gasteiger partial charge is 0.449 e. The zero-order valence-electron chi connectivity index (χ0n) is 20.0. The molecule has 0 saturated carbocycles. The molecule has 2 aliphatic carbocycles. The molecule has 0 bridgehead atoms. The van der Waals surface area contributed by atoms with Crippen LogP contribution in [0.1, 0.15) is 52.8 Å². The maximum absolute atomic E-state index is 12.5. The molecule has 0 aliphatic heterocycles. The van der Waals surface area contributed by atoms with Gasteiger partial charge in [-0.05, 0) is 71.2 Å². The van der Waals surface area contributed by atoms with Gasteiger partial charge < -0.3 is 25.3 Å². The third-order valence-electron chi connectivity index (χ3n) is 7.63. The zero-order valence-corrected chi connectivity index (χ0v) is 20.0. The summed E-state index contributed by atoms with van der Waals surface area (Å²) in [7, 11) is 0. The van der Waals surface area contributed by atoms with Gasteiger partial charge in [-0.15, -0.1) is 0 Å². The fourth-order valence-electron chi connectivity index (χ4n) is 5.78. The molecule has 4 N–H and O–H groups in total. The average Bonchev–Trinajstić information content (AvgIpc) is 3.45. The van der Waals surface area contributed by atoms with Crippen LogP contribution in [0.3, 0.4) is 0 Å². The minimum atomic E-state index is -1.15. The fraction of sp³-hybridized carbons (Fsp3) is 0.300. The lowest BCUT2D eigenvalue weighted by atomic mass is 9.94. The van der Waals surface area contributed by atoms with Gasteiger partial charge in [-0.3, -0.25) is 0 Å². The van der Waals surface area contributed by atoms with E-state index in [1.165, 1.54) is 35.2 Å². The number of H-pyrrole nitrogens is 1. The summed E-state index contributed by atoms with van der Waals surface area (Å²) in [5.74, 6) is -0.0299. The Kier molecular flexibility index (Phi) is 5.99. The zero-order chi connectivity index (χ0) is 24.6. The molecular formula is C30H30N2O4. The summed E-state index contributed by atoms with van der Waals surface area (Å²) in [5.41, 5.74) is 8.91. The van der Waals surface area contributed by atoms with Crippen LogP contribution < -0.4 is 5.32 Å². The first kappa shape index (κ1) is 22.8. The molecule has 0 fully saturated rings. The minimum absolute atomic E-state index is 0.0299. The van der Waals surface area contributed by atoms with Crippen LogP contribution in [0.4, 0.5) is 4.79 Å². The number of aryl methyl sites for hydroxylation is 2. The number of hydrogen-bond donors (Lipinski definition) is 4. The highest BCUT2D eigenvalue weighted by Gasteiger charge is 2.29. The van der Waals surface area contributed by atoms with Gasteiger partial charge in [0.1, 0.15) is 18.8 Å². The van der Waals surface area contributed by atoms with Crippen molar-refractivity contribution in [2.75, 3.05) is 13.2 Å². The van der Waals surface area contributed by atoms with E-state index in [0.29, 0.717) is 5.56 Å². The second kappa shape index (κ2) is 9.45. The second-order valence-electron chi connectivity index (χ2n) is 9.81. The number of fused-ring (bicyclic) bond motifs is 6.